The van der Waals surface area contributed by atoms with Crippen LogP contribution in [0, 0.1) is 50.2 Å². The van der Waals surface area contributed by atoms with Gasteiger partial charge in [0.05, 0.1) is 18.4 Å². The summed E-state index contributed by atoms with van der Waals surface area (Å²) in [4.78, 5) is 39.5. The van der Waals surface area contributed by atoms with Crippen molar-refractivity contribution in [1.82, 2.24) is 0 Å². The van der Waals surface area contributed by atoms with Gasteiger partial charge in [0.25, 0.3) is 0 Å². The minimum absolute atomic E-state index is 0.0369. The van der Waals surface area contributed by atoms with E-state index in [2.05, 4.69) is 54.5 Å². The molecule has 5 aliphatic rings. The molecule has 0 amide bonds. The summed E-state index contributed by atoms with van der Waals surface area (Å²) in [5.74, 6) is 0.438. The second-order valence-electron chi connectivity index (χ2n) is 15.6. The summed E-state index contributed by atoms with van der Waals surface area (Å²) >= 11 is 0. The van der Waals surface area contributed by atoms with E-state index in [0.29, 0.717) is 11.8 Å². The molecule has 0 aromatic rings. The average molecular weight is 527 g/mol. The molecule has 0 heterocycles. The summed E-state index contributed by atoms with van der Waals surface area (Å²) in [5, 5.41) is 0. The Morgan fingerprint density at radius 1 is 0.868 bits per heavy atom. The first kappa shape index (κ1) is 27.9. The van der Waals surface area contributed by atoms with Crippen molar-refractivity contribution in [1.29, 1.82) is 0 Å². The first-order valence-electron chi connectivity index (χ1n) is 15.0. The van der Waals surface area contributed by atoms with Gasteiger partial charge in [-0.3, -0.25) is 14.4 Å². The topological polar surface area (TPSA) is 69.7 Å². The zero-order valence-corrected chi connectivity index (χ0v) is 25.3. The van der Waals surface area contributed by atoms with Gasteiger partial charge in [0.1, 0.15) is 11.9 Å². The van der Waals surface area contributed by atoms with Gasteiger partial charge in [0.2, 0.25) is 0 Å². The molecule has 4 saturated carbocycles. The maximum atomic E-state index is 14.2. The molecule has 5 rings (SSSR count). The standard InChI is InChI=1S/C33H50O5/c1-20(34)38-24-13-14-30(6)22(29(24,4)5)12-15-32(8)23(30)11-10-21-25-26(35)28(2,3)16-18-33(25,27(36)37-9)19-17-31(21,32)7/h10,22-25H,11-19H2,1-9H3/t22-,23-,24-,25+,30-,31+,32+,33-/m0/s1. The fourth-order valence-corrected chi connectivity index (χ4v) is 10.9. The van der Waals surface area contributed by atoms with Gasteiger partial charge in [-0.15, -0.1) is 0 Å². The summed E-state index contributed by atoms with van der Waals surface area (Å²) in [6, 6.07) is 0. The zero-order valence-electron chi connectivity index (χ0n) is 25.3. The van der Waals surface area contributed by atoms with Crippen molar-refractivity contribution in [3.8, 4) is 0 Å². The average Bonchev–Trinajstić information content (AvgIpc) is 2.83. The van der Waals surface area contributed by atoms with Crippen molar-refractivity contribution in [2.75, 3.05) is 7.11 Å². The summed E-state index contributed by atoms with van der Waals surface area (Å²) < 4.78 is 11.3. The lowest BCUT2D eigenvalue weighted by Crippen LogP contribution is -2.66. The van der Waals surface area contributed by atoms with Gasteiger partial charge in [-0.1, -0.05) is 60.1 Å². The van der Waals surface area contributed by atoms with E-state index >= 15 is 0 Å². The van der Waals surface area contributed by atoms with E-state index in [1.54, 1.807) is 0 Å². The third kappa shape index (κ3) is 3.38. The number of ketones is 1. The van der Waals surface area contributed by atoms with Crippen LogP contribution in [0.5, 0.6) is 0 Å². The number of esters is 2. The van der Waals surface area contributed by atoms with Crippen LogP contribution in [0.25, 0.3) is 0 Å². The van der Waals surface area contributed by atoms with Crippen LogP contribution in [0.3, 0.4) is 0 Å². The molecule has 0 N–H and O–H groups in total. The van der Waals surface area contributed by atoms with Gasteiger partial charge in [-0.25, -0.2) is 0 Å². The van der Waals surface area contributed by atoms with Gasteiger partial charge in [0, 0.05) is 17.8 Å². The molecule has 38 heavy (non-hydrogen) atoms. The number of fused-ring (bicyclic) bond motifs is 7. The normalized spacial score (nSPS) is 46.9. The SMILES string of the molecule is COC(=O)[C@]12CCC(C)(C)C(=O)[C@H]1C1=CC[C@H]3[C@@]4(C)CC[C@H](OC(C)=O)C(C)(C)[C@@H]4CC[C@@]3(C)[C@]1(C)CC2. The number of rotatable bonds is 2. The van der Waals surface area contributed by atoms with Crippen LogP contribution in [0.2, 0.25) is 0 Å². The fraction of sp³-hybridized carbons (Fsp3) is 0.848. The molecular weight excluding hydrogens is 476 g/mol. The van der Waals surface area contributed by atoms with Gasteiger partial charge in [0.15, 0.2) is 0 Å². The highest BCUT2D eigenvalue weighted by molar-refractivity contribution is 5.96. The molecular formula is C33H50O5. The first-order valence-corrected chi connectivity index (χ1v) is 15.0. The summed E-state index contributed by atoms with van der Waals surface area (Å²) in [6.07, 6.45) is 10.6. The lowest BCUT2D eigenvalue weighted by atomic mass is 9.33. The Balaban J connectivity index is 1.59. The number of methoxy groups -OCH3 is 1. The number of Topliss-reactive ketones (excluding diaryl/α,β-unsaturated/α-hetero) is 1. The van der Waals surface area contributed by atoms with Gasteiger partial charge in [-0.2, -0.15) is 0 Å². The molecule has 0 aromatic heterocycles. The molecule has 0 aliphatic heterocycles. The quantitative estimate of drug-likeness (QED) is 0.284. The third-order valence-electron chi connectivity index (χ3n) is 13.4. The Morgan fingerprint density at radius 3 is 2.16 bits per heavy atom. The van der Waals surface area contributed by atoms with Crippen molar-refractivity contribution in [2.24, 2.45) is 50.2 Å². The largest absolute Gasteiger partial charge is 0.469 e. The Hall–Kier alpha value is -1.65. The molecule has 0 radical (unpaired) electrons. The predicted octanol–water partition coefficient (Wildman–Crippen LogP) is 7.07. The molecule has 0 aromatic carbocycles. The molecule has 212 valence electrons. The molecule has 4 fully saturated rings. The number of ether oxygens (including phenoxy) is 2. The van der Waals surface area contributed by atoms with Crippen LogP contribution in [0.15, 0.2) is 11.6 Å². The van der Waals surface area contributed by atoms with Crippen LogP contribution in [-0.4, -0.2) is 30.9 Å². The molecule has 8 atom stereocenters. The van der Waals surface area contributed by atoms with Crippen LogP contribution < -0.4 is 0 Å². The Bertz CT molecular complexity index is 1080. The Labute approximate surface area is 229 Å². The minimum Gasteiger partial charge on any atom is -0.469 e. The molecule has 0 saturated heterocycles. The second-order valence-corrected chi connectivity index (χ2v) is 15.6. The summed E-state index contributed by atoms with van der Waals surface area (Å²) in [5.41, 5.74) is 0.0397. The number of carbonyl (C=O) groups is 3. The molecule has 0 unspecified atom stereocenters. The van der Waals surface area contributed by atoms with Gasteiger partial charge >= 0.3 is 11.9 Å². The highest BCUT2D eigenvalue weighted by atomic mass is 16.5. The predicted molar refractivity (Wildman–Crippen MR) is 147 cm³/mol. The molecule has 5 nitrogen and oxygen atoms in total. The highest BCUT2D eigenvalue weighted by Gasteiger charge is 2.71. The van der Waals surface area contributed by atoms with E-state index in [4.69, 9.17) is 9.47 Å². The lowest BCUT2D eigenvalue weighted by molar-refractivity contribution is -0.213. The van der Waals surface area contributed by atoms with E-state index in [0.717, 1.165) is 57.8 Å². The summed E-state index contributed by atoms with van der Waals surface area (Å²) in [7, 11) is 1.48. The van der Waals surface area contributed by atoms with Crippen molar-refractivity contribution < 1.29 is 23.9 Å². The van der Waals surface area contributed by atoms with Crippen LogP contribution >= 0.6 is 0 Å². The van der Waals surface area contributed by atoms with Crippen molar-refractivity contribution in [3.05, 3.63) is 11.6 Å². The summed E-state index contributed by atoms with van der Waals surface area (Å²) in [6.45, 7) is 17.7. The maximum absolute atomic E-state index is 14.2. The van der Waals surface area contributed by atoms with Crippen molar-refractivity contribution in [2.45, 2.75) is 119 Å². The van der Waals surface area contributed by atoms with E-state index in [-0.39, 0.29) is 51.4 Å². The lowest BCUT2D eigenvalue weighted by Gasteiger charge is -2.71. The number of hydrogen-bond donors (Lipinski definition) is 0. The smallest absolute Gasteiger partial charge is 0.312 e. The van der Waals surface area contributed by atoms with Crippen LogP contribution in [-0.2, 0) is 23.9 Å². The van der Waals surface area contributed by atoms with Gasteiger partial charge < -0.3 is 9.47 Å². The third-order valence-corrected chi connectivity index (χ3v) is 13.4. The van der Waals surface area contributed by atoms with Crippen molar-refractivity contribution >= 4 is 17.7 Å². The van der Waals surface area contributed by atoms with E-state index in [1.807, 2.05) is 0 Å². The Morgan fingerprint density at radius 2 is 1.53 bits per heavy atom. The Kier molecular flexibility index (Phi) is 6.19. The van der Waals surface area contributed by atoms with E-state index < -0.39 is 10.8 Å². The highest BCUT2D eigenvalue weighted by Crippen LogP contribution is 2.75. The van der Waals surface area contributed by atoms with Crippen LogP contribution in [0.1, 0.15) is 113 Å². The second kappa shape index (κ2) is 8.43. The number of allylic oxidation sites excluding steroid dienone is 2. The monoisotopic (exact) mass is 526 g/mol. The minimum atomic E-state index is -0.721. The molecule has 5 heteroatoms. The molecule has 0 spiro atoms. The van der Waals surface area contributed by atoms with Gasteiger partial charge in [-0.05, 0) is 85.9 Å². The van der Waals surface area contributed by atoms with Crippen LogP contribution in [0.4, 0.5) is 0 Å². The molecule has 5 aliphatic carbocycles. The zero-order chi connectivity index (χ0) is 28.1. The number of carbonyl (C=O) groups excluding carboxylic acids is 3. The number of hydrogen-bond acceptors (Lipinski definition) is 5. The van der Waals surface area contributed by atoms with E-state index in [1.165, 1.54) is 19.6 Å². The first-order chi connectivity index (χ1) is 17.5. The molecule has 0 bridgehead atoms. The fourth-order valence-electron chi connectivity index (χ4n) is 10.9. The maximum Gasteiger partial charge on any atom is 0.312 e. The van der Waals surface area contributed by atoms with E-state index in [9.17, 15) is 14.4 Å². The van der Waals surface area contributed by atoms with Crippen molar-refractivity contribution in [3.63, 3.8) is 0 Å².